The number of anilines is 1. The van der Waals surface area contributed by atoms with E-state index < -0.39 is 0 Å². The van der Waals surface area contributed by atoms with Crippen molar-refractivity contribution in [3.05, 3.63) is 66.5 Å². The van der Waals surface area contributed by atoms with Crippen LogP contribution in [-0.4, -0.2) is 20.7 Å². The standard InChI is InChI=1S/C19H16N4O2S/c1-13-10-20-23(11-13)12-18(24)22-19-21-16-8-7-15(9-17(16)26-19)25-14-5-3-2-4-6-14/h2-11H,12H2,1H3,(H,21,22,24). The van der Waals surface area contributed by atoms with Gasteiger partial charge in [-0.05, 0) is 36.8 Å². The van der Waals surface area contributed by atoms with Crippen molar-refractivity contribution in [3.8, 4) is 11.5 Å². The molecule has 4 aromatic rings. The van der Waals surface area contributed by atoms with Crippen LogP contribution in [0.4, 0.5) is 5.13 Å². The monoisotopic (exact) mass is 364 g/mol. The number of benzene rings is 2. The number of hydrogen-bond donors (Lipinski definition) is 1. The summed E-state index contributed by atoms with van der Waals surface area (Å²) in [4.78, 5) is 16.6. The van der Waals surface area contributed by atoms with E-state index in [1.807, 2.05) is 61.7 Å². The first-order chi connectivity index (χ1) is 12.7. The van der Waals surface area contributed by atoms with E-state index in [-0.39, 0.29) is 12.5 Å². The highest BCUT2D eigenvalue weighted by molar-refractivity contribution is 7.22. The fourth-order valence-corrected chi connectivity index (χ4v) is 3.42. The summed E-state index contributed by atoms with van der Waals surface area (Å²) < 4.78 is 8.39. The van der Waals surface area contributed by atoms with Gasteiger partial charge in [0.15, 0.2) is 5.13 Å². The molecule has 2 aromatic carbocycles. The zero-order chi connectivity index (χ0) is 17.9. The Kier molecular flexibility index (Phi) is 4.37. The molecule has 0 aliphatic heterocycles. The first kappa shape index (κ1) is 16.3. The first-order valence-electron chi connectivity index (χ1n) is 8.08. The van der Waals surface area contributed by atoms with Gasteiger partial charge in [0.2, 0.25) is 5.91 Å². The van der Waals surface area contributed by atoms with Gasteiger partial charge in [-0.2, -0.15) is 5.10 Å². The molecule has 0 aliphatic rings. The van der Waals surface area contributed by atoms with Crippen molar-refractivity contribution >= 4 is 32.6 Å². The summed E-state index contributed by atoms with van der Waals surface area (Å²) in [5, 5.41) is 7.50. The van der Waals surface area contributed by atoms with Gasteiger partial charge in [0.1, 0.15) is 18.0 Å². The van der Waals surface area contributed by atoms with Crippen LogP contribution in [0.1, 0.15) is 5.56 Å². The molecule has 0 bridgehead atoms. The van der Waals surface area contributed by atoms with Crippen LogP contribution in [0.3, 0.4) is 0 Å². The maximum Gasteiger partial charge on any atom is 0.247 e. The number of aryl methyl sites for hydroxylation is 1. The highest BCUT2D eigenvalue weighted by Gasteiger charge is 2.10. The van der Waals surface area contributed by atoms with Crippen LogP contribution >= 0.6 is 11.3 Å². The Hall–Kier alpha value is -3.19. The van der Waals surface area contributed by atoms with E-state index in [0.29, 0.717) is 5.13 Å². The SMILES string of the molecule is Cc1cnn(CC(=O)Nc2nc3ccc(Oc4ccccc4)cc3s2)c1. The lowest BCUT2D eigenvalue weighted by Gasteiger charge is -2.04. The number of ether oxygens (including phenoxy) is 1. The second-order valence-corrected chi connectivity index (χ2v) is 6.86. The number of carbonyl (C=O) groups is 1. The number of rotatable bonds is 5. The predicted octanol–water partition coefficient (Wildman–Crippen LogP) is 4.23. The quantitative estimate of drug-likeness (QED) is 0.575. The number of hydrogen-bond acceptors (Lipinski definition) is 5. The number of fused-ring (bicyclic) bond motifs is 1. The number of amides is 1. The van der Waals surface area contributed by atoms with Gasteiger partial charge < -0.3 is 10.1 Å². The molecule has 2 heterocycles. The Bertz CT molecular complexity index is 1060. The minimum absolute atomic E-state index is 0.159. The van der Waals surface area contributed by atoms with Crippen LogP contribution in [0, 0.1) is 6.92 Å². The fraction of sp³-hybridized carbons (Fsp3) is 0.105. The number of nitrogens with one attached hydrogen (secondary N) is 1. The minimum Gasteiger partial charge on any atom is -0.457 e. The average molecular weight is 364 g/mol. The second-order valence-electron chi connectivity index (χ2n) is 5.83. The number of nitrogens with zero attached hydrogens (tertiary/aromatic N) is 3. The van der Waals surface area contributed by atoms with Crippen molar-refractivity contribution in [2.75, 3.05) is 5.32 Å². The van der Waals surface area contributed by atoms with Crippen LogP contribution in [0.15, 0.2) is 60.9 Å². The Morgan fingerprint density at radius 3 is 2.81 bits per heavy atom. The van der Waals surface area contributed by atoms with Crippen molar-refractivity contribution in [1.82, 2.24) is 14.8 Å². The Balaban J connectivity index is 1.47. The lowest BCUT2D eigenvalue weighted by molar-refractivity contribution is -0.116. The van der Waals surface area contributed by atoms with Crippen molar-refractivity contribution in [3.63, 3.8) is 0 Å². The molecule has 0 fully saturated rings. The normalized spacial score (nSPS) is 10.8. The summed E-state index contributed by atoms with van der Waals surface area (Å²) in [5.41, 5.74) is 1.84. The zero-order valence-electron chi connectivity index (χ0n) is 14.0. The molecule has 0 radical (unpaired) electrons. The molecular formula is C19H16N4O2S. The number of para-hydroxylation sites is 1. The molecule has 7 heteroatoms. The average Bonchev–Trinajstić information content (AvgIpc) is 3.20. The molecule has 0 unspecified atom stereocenters. The molecule has 2 aromatic heterocycles. The molecule has 0 saturated carbocycles. The van der Waals surface area contributed by atoms with Gasteiger partial charge in [-0.25, -0.2) is 4.98 Å². The van der Waals surface area contributed by atoms with E-state index in [1.165, 1.54) is 11.3 Å². The summed E-state index contributed by atoms with van der Waals surface area (Å²) in [6, 6.07) is 15.3. The van der Waals surface area contributed by atoms with E-state index in [0.717, 1.165) is 27.3 Å². The van der Waals surface area contributed by atoms with Crippen molar-refractivity contribution in [2.24, 2.45) is 0 Å². The van der Waals surface area contributed by atoms with Crippen LogP contribution in [0.2, 0.25) is 0 Å². The molecule has 26 heavy (non-hydrogen) atoms. The highest BCUT2D eigenvalue weighted by atomic mass is 32.1. The van der Waals surface area contributed by atoms with E-state index >= 15 is 0 Å². The largest absolute Gasteiger partial charge is 0.457 e. The summed E-state index contributed by atoms with van der Waals surface area (Å²) >= 11 is 1.41. The third-order valence-corrected chi connectivity index (χ3v) is 4.59. The smallest absolute Gasteiger partial charge is 0.247 e. The molecule has 0 saturated heterocycles. The van der Waals surface area contributed by atoms with Crippen molar-refractivity contribution < 1.29 is 9.53 Å². The van der Waals surface area contributed by atoms with Gasteiger partial charge in [-0.15, -0.1) is 0 Å². The molecule has 4 rings (SSSR count). The maximum atomic E-state index is 12.1. The molecule has 6 nitrogen and oxygen atoms in total. The lowest BCUT2D eigenvalue weighted by atomic mass is 10.3. The zero-order valence-corrected chi connectivity index (χ0v) is 14.9. The summed E-state index contributed by atoms with van der Waals surface area (Å²) in [6.07, 6.45) is 3.55. The first-order valence-corrected chi connectivity index (χ1v) is 8.90. The Morgan fingerprint density at radius 1 is 1.19 bits per heavy atom. The van der Waals surface area contributed by atoms with Crippen molar-refractivity contribution in [1.29, 1.82) is 0 Å². The van der Waals surface area contributed by atoms with Crippen LogP contribution in [-0.2, 0) is 11.3 Å². The molecule has 1 amide bonds. The van der Waals surface area contributed by atoms with Gasteiger partial charge in [0, 0.05) is 12.3 Å². The number of thiazole rings is 1. The molecule has 1 N–H and O–H groups in total. The van der Waals surface area contributed by atoms with Gasteiger partial charge >= 0.3 is 0 Å². The molecule has 0 aliphatic carbocycles. The van der Waals surface area contributed by atoms with E-state index in [4.69, 9.17) is 4.74 Å². The Morgan fingerprint density at radius 2 is 2.04 bits per heavy atom. The second kappa shape index (κ2) is 6.97. The van der Waals surface area contributed by atoms with Crippen LogP contribution in [0.25, 0.3) is 10.2 Å². The Labute approximate surface area is 154 Å². The topological polar surface area (TPSA) is 69.0 Å². The molecular weight excluding hydrogens is 348 g/mol. The predicted molar refractivity (Wildman–Crippen MR) is 102 cm³/mol. The molecule has 0 atom stereocenters. The van der Waals surface area contributed by atoms with Crippen LogP contribution in [0.5, 0.6) is 11.5 Å². The van der Waals surface area contributed by atoms with Gasteiger partial charge in [-0.1, -0.05) is 29.5 Å². The van der Waals surface area contributed by atoms with Crippen LogP contribution < -0.4 is 10.1 Å². The number of aromatic nitrogens is 3. The van der Waals surface area contributed by atoms with Gasteiger partial charge in [0.05, 0.1) is 16.4 Å². The summed E-state index contributed by atoms with van der Waals surface area (Å²) in [5.74, 6) is 1.35. The summed E-state index contributed by atoms with van der Waals surface area (Å²) in [6.45, 7) is 2.09. The maximum absolute atomic E-state index is 12.1. The molecule has 0 spiro atoms. The number of carbonyl (C=O) groups excluding carboxylic acids is 1. The third kappa shape index (κ3) is 3.73. The van der Waals surface area contributed by atoms with Gasteiger partial charge in [-0.3, -0.25) is 9.48 Å². The lowest BCUT2D eigenvalue weighted by Crippen LogP contribution is -2.18. The minimum atomic E-state index is -0.159. The van der Waals surface area contributed by atoms with Gasteiger partial charge in [0.25, 0.3) is 0 Å². The van der Waals surface area contributed by atoms with E-state index in [2.05, 4.69) is 15.4 Å². The summed E-state index contributed by atoms with van der Waals surface area (Å²) in [7, 11) is 0. The third-order valence-electron chi connectivity index (χ3n) is 3.65. The fourth-order valence-electron chi connectivity index (χ4n) is 2.51. The highest BCUT2D eigenvalue weighted by Crippen LogP contribution is 2.31. The van der Waals surface area contributed by atoms with E-state index in [9.17, 15) is 4.79 Å². The molecule has 130 valence electrons. The van der Waals surface area contributed by atoms with Crippen molar-refractivity contribution in [2.45, 2.75) is 13.5 Å². The van der Waals surface area contributed by atoms with E-state index in [1.54, 1.807) is 10.9 Å².